The highest BCUT2D eigenvalue weighted by Gasteiger charge is 2.27. The molecule has 1 aliphatic rings. The van der Waals surface area contributed by atoms with Crippen molar-refractivity contribution in [2.45, 2.75) is 12.5 Å². The first-order valence-electron chi connectivity index (χ1n) is 6.55. The SMILES string of the molecule is NCCc1ccc(C(=O)N2CCOCC2CO)cc1. The van der Waals surface area contributed by atoms with Crippen molar-refractivity contribution in [1.29, 1.82) is 0 Å². The van der Waals surface area contributed by atoms with Crippen LogP contribution in [0.5, 0.6) is 0 Å². The topological polar surface area (TPSA) is 75.8 Å². The Morgan fingerprint density at radius 1 is 1.42 bits per heavy atom. The maximum Gasteiger partial charge on any atom is 0.254 e. The number of carbonyl (C=O) groups excluding carboxylic acids is 1. The molecule has 5 heteroatoms. The van der Waals surface area contributed by atoms with Gasteiger partial charge in [0.2, 0.25) is 0 Å². The van der Waals surface area contributed by atoms with E-state index >= 15 is 0 Å². The number of nitrogens with zero attached hydrogens (tertiary/aromatic N) is 1. The molecule has 1 atom stereocenters. The molecule has 0 saturated carbocycles. The molecular weight excluding hydrogens is 244 g/mol. The van der Waals surface area contributed by atoms with E-state index in [0.29, 0.717) is 31.9 Å². The summed E-state index contributed by atoms with van der Waals surface area (Å²) in [6, 6.07) is 7.24. The summed E-state index contributed by atoms with van der Waals surface area (Å²) in [5.74, 6) is -0.0540. The van der Waals surface area contributed by atoms with Gasteiger partial charge in [-0.3, -0.25) is 4.79 Å². The average Bonchev–Trinajstić information content (AvgIpc) is 2.47. The van der Waals surface area contributed by atoms with Gasteiger partial charge in [0.25, 0.3) is 5.91 Å². The van der Waals surface area contributed by atoms with Gasteiger partial charge in [0.1, 0.15) is 0 Å². The van der Waals surface area contributed by atoms with Gasteiger partial charge >= 0.3 is 0 Å². The number of morpholine rings is 1. The Labute approximate surface area is 113 Å². The molecule has 0 aromatic heterocycles. The Morgan fingerprint density at radius 2 is 2.16 bits per heavy atom. The minimum Gasteiger partial charge on any atom is -0.394 e. The lowest BCUT2D eigenvalue weighted by Gasteiger charge is -2.34. The van der Waals surface area contributed by atoms with E-state index < -0.39 is 0 Å². The molecule has 1 amide bonds. The summed E-state index contributed by atoms with van der Waals surface area (Å²) in [6.07, 6.45) is 0.811. The Morgan fingerprint density at radius 3 is 2.79 bits per heavy atom. The van der Waals surface area contributed by atoms with Crippen LogP contribution in [0.4, 0.5) is 0 Å². The standard InChI is InChI=1S/C14H20N2O3/c15-6-5-11-1-3-12(4-2-11)14(18)16-7-8-19-10-13(16)9-17/h1-4,13,17H,5-10,15H2. The Kier molecular flexibility index (Phi) is 4.90. The largest absolute Gasteiger partial charge is 0.394 e. The summed E-state index contributed by atoms with van der Waals surface area (Å²) in [6.45, 7) is 1.97. The number of hydrogen-bond acceptors (Lipinski definition) is 4. The van der Waals surface area contributed by atoms with Gasteiger partial charge in [-0.2, -0.15) is 0 Å². The lowest BCUT2D eigenvalue weighted by Crippen LogP contribution is -2.50. The minimum absolute atomic E-state index is 0.0540. The molecule has 1 heterocycles. The molecule has 2 rings (SSSR count). The van der Waals surface area contributed by atoms with E-state index in [0.717, 1.165) is 12.0 Å². The van der Waals surface area contributed by atoms with Crippen molar-refractivity contribution in [3.8, 4) is 0 Å². The Hall–Kier alpha value is -1.43. The zero-order valence-electron chi connectivity index (χ0n) is 10.9. The first kappa shape index (κ1) is 14.0. The first-order valence-corrected chi connectivity index (χ1v) is 6.55. The van der Waals surface area contributed by atoms with E-state index in [9.17, 15) is 9.90 Å². The van der Waals surface area contributed by atoms with E-state index in [1.807, 2.05) is 24.3 Å². The fourth-order valence-electron chi connectivity index (χ4n) is 2.22. The monoisotopic (exact) mass is 264 g/mol. The molecule has 19 heavy (non-hydrogen) atoms. The third-order valence-electron chi connectivity index (χ3n) is 3.33. The number of ether oxygens (including phenoxy) is 1. The molecule has 0 radical (unpaired) electrons. The van der Waals surface area contributed by atoms with Gasteiger partial charge in [-0.25, -0.2) is 0 Å². The molecule has 1 unspecified atom stereocenters. The lowest BCUT2D eigenvalue weighted by molar-refractivity contribution is -0.0183. The lowest BCUT2D eigenvalue weighted by atomic mass is 10.1. The fourth-order valence-corrected chi connectivity index (χ4v) is 2.22. The van der Waals surface area contributed by atoms with Gasteiger partial charge in [0.05, 0.1) is 25.9 Å². The number of benzene rings is 1. The van der Waals surface area contributed by atoms with Gasteiger partial charge in [0.15, 0.2) is 0 Å². The molecule has 0 bridgehead atoms. The molecule has 1 fully saturated rings. The molecule has 3 N–H and O–H groups in total. The van der Waals surface area contributed by atoms with Crippen LogP contribution in [-0.2, 0) is 11.2 Å². The molecule has 1 aromatic carbocycles. The van der Waals surface area contributed by atoms with Crippen molar-refractivity contribution in [3.63, 3.8) is 0 Å². The van der Waals surface area contributed by atoms with Gasteiger partial charge in [-0.05, 0) is 30.7 Å². The molecule has 104 valence electrons. The second-order valence-electron chi connectivity index (χ2n) is 4.65. The highest BCUT2D eigenvalue weighted by Crippen LogP contribution is 2.13. The number of rotatable bonds is 4. The van der Waals surface area contributed by atoms with Crippen LogP contribution in [0.2, 0.25) is 0 Å². The first-order chi connectivity index (χ1) is 9.26. The highest BCUT2D eigenvalue weighted by atomic mass is 16.5. The van der Waals surface area contributed by atoms with Gasteiger partial charge < -0.3 is 20.5 Å². The summed E-state index contributed by atoms with van der Waals surface area (Å²) in [7, 11) is 0. The van der Waals surface area contributed by atoms with Crippen molar-refractivity contribution in [3.05, 3.63) is 35.4 Å². The van der Waals surface area contributed by atoms with Crippen LogP contribution in [-0.4, -0.2) is 54.9 Å². The van der Waals surface area contributed by atoms with Crippen LogP contribution in [0.3, 0.4) is 0 Å². The second kappa shape index (κ2) is 6.65. The third kappa shape index (κ3) is 3.32. The number of aliphatic hydroxyl groups is 1. The van der Waals surface area contributed by atoms with Gasteiger partial charge in [-0.1, -0.05) is 12.1 Å². The smallest absolute Gasteiger partial charge is 0.254 e. The Balaban J connectivity index is 2.09. The van der Waals surface area contributed by atoms with E-state index in [1.165, 1.54) is 0 Å². The van der Waals surface area contributed by atoms with Crippen LogP contribution >= 0.6 is 0 Å². The average molecular weight is 264 g/mol. The number of amides is 1. The Bertz CT molecular complexity index is 419. The van der Waals surface area contributed by atoms with E-state index in [1.54, 1.807) is 4.90 Å². The van der Waals surface area contributed by atoms with Gasteiger partial charge in [-0.15, -0.1) is 0 Å². The van der Waals surface area contributed by atoms with Crippen molar-refractivity contribution in [2.75, 3.05) is 32.9 Å². The molecule has 0 aliphatic carbocycles. The summed E-state index contributed by atoms with van der Waals surface area (Å²) in [4.78, 5) is 14.1. The number of aliphatic hydroxyl groups excluding tert-OH is 1. The zero-order chi connectivity index (χ0) is 13.7. The second-order valence-corrected chi connectivity index (χ2v) is 4.65. The van der Waals surface area contributed by atoms with Crippen LogP contribution in [0.1, 0.15) is 15.9 Å². The van der Waals surface area contributed by atoms with Gasteiger partial charge in [0, 0.05) is 12.1 Å². The molecule has 1 saturated heterocycles. The van der Waals surface area contributed by atoms with Crippen molar-refractivity contribution in [2.24, 2.45) is 5.73 Å². The molecular formula is C14H20N2O3. The quantitative estimate of drug-likeness (QED) is 0.804. The van der Waals surface area contributed by atoms with Crippen molar-refractivity contribution < 1.29 is 14.6 Å². The summed E-state index contributed by atoms with van der Waals surface area (Å²) >= 11 is 0. The maximum absolute atomic E-state index is 12.4. The maximum atomic E-state index is 12.4. The predicted octanol–water partition coefficient (Wildman–Crippen LogP) is 0.0211. The number of nitrogens with two attached hydrogens (primary N) is 1. The third-order valence-corrected chi connectivity index (χ3v) is 3.33. The highest BCUT2D eigenvalue weighted by molar-refractivity contribution is 5.94. The van der Waals surface area contributed by atoms with Crippen molar-refractivity contribution in [1.82, 2.24) is 4.90 Å². The fraction of sp³-hybridized carbons (Fsp3) is 0.500. The van der Waals surface area contributed by atoms with Crippen LogP contribution in [0.25, 0.3) is 0 Å². The summed E-state index contributed by atoms with van der Waals surface area (Å²) < 4.78 is 5.27. The predicted molar refractivity (Wildman–Crippen MR) is 71.9 cm³/mol. The number of hydrogen-bond donors (Lipinski definition) is 2. The minimum atomic E-state index is -0.245. The molecule has 5 nitrogen and oxygen atoms in total. The van der Waals surface area contributed by atoms with Crippen LogP contribution in [0, 0.1) is 0 Å². The van der Waals surface area contributed by atoms with Crippen LogP contribution < -0.4 is 5.73 Å². The van der Waals surface area contributed by atoms with E-state index in [2.05, 4.69) is 0 Å². The molecule has 1 aromatic rings. The number of carbonyl (C=O) groups is 1. The van der Waals surface area contributed by atoms with E-state index in [-0.39, 0.29) is 18.6 Å². The summed E-state index contributed by atoms with van der Waals surface area (Å²) in [5.41, 5.74) is 7.26. The molecule has 1 aliphatic heterocycles. The zero-order valence-corrected chi connectivity index (χ0v) is 10.9. The normalized spacial score (nSPS) is 19.5. The van der Waals surface area contributed by atoms with E-state index in [4.69, 9.17) is 10.5 Å². The molecule has 0 spiro atoms. The van der Waals surface area contributed by atoms with Crippen molar-refractivity contribution >= 4 is 5.91 Å². The van der Waals surface area contributed by atoms with Crippen LogP contribution in [0.15, 0.2) is 24.3 Å². The summed E-state index contributed by atoms with van der Waals surface area (Å²) in [5, 5.41) is 9.28.